The number of fused-ring (bicyclic) bond motifs is 1. The zero-order valence-corrected chi connectivity index (χ0v) is 12.1. The van der Waals surface area contributed by atoms with Crippen LogP contribution in [-0.4, -0.2) is 48.3 Å². The van der Waals surface area contributed by atoms with Crippen molar-refractivity contribution >= 4 is 5.69 Å². The summed E-state index contributed by atoms with van der Waals surface area (Å²) in [4.78, 5) is 13.5. The SMILES string of the molecule is COCCN1OCCC(N2Cc3ccc(O)c(N)c3C2)O1. The van der Waals surface area contributed by atoms with E-state index >= 15 is 0 Å². The zero-order chi connectivity index (χ0) is 14.8. The quantitative estimate of drug-likeness (QED) is 0.629. The fourth-order valence-corrected chi connectivity index (χ4v) is 2.72. The predicted octanol–water partition coefficient (Wildman–Crippen LogP) is 0.831. The first-order valence-corrected chi connectivity index (χ1v) is 7.08. The first-order chi connectivity index (χ1) is 10.2. The number of anilines is 1. The molecule has 7 heteroatoms. The van der Waals surface area contributed by atoms with Crippen LogP contribution in [0.25, 0.3) is 0 Å². The monoisotopic (exact) mass is 295 g/mol. The minimum atomic E-state index is -0.0513. The Morgan fingerprint density at radius 2 is 2.29 bits per heavy atom. The third-order valence-electron chi connectivity index (χ3n) is 3.89. The number of rotatable bonds is 4. The standard InChI is InChI=1S/C14H21N3O4/c1-19-7-5-17-20-6-4-13(21-17)16-8-10-2-3-12(18)14(15)11(10)9-16/h2-3,13,18H,4-9,15H2,1H3. The zero-order valence-electron chi connectivity index (χ0n) is 12.1. The molecule has 2 heterocycles. The highest BCUT2D eigenvalue weighted by Crippen LogP contribution is 2.35. The lowest BCUT2D eigenvalue weighted by Gasteiger charge is -2.35. The Morgan fingerprint density at radius 3 is 3.10 bits per heavy atom. The van der Waals surface area contributed by atoms with Gasteiger partial charge in [0.25, 0.3) is 0 Å². The number of nitrogen functional groups attached to an aromatic ring is 1. The van der Waals surface area contributed by atoms with E-state index in [1.54, 1.807) is 13.2 Å². The van der Waals surface area contributed by atoms with Crippen LogP contribution in [0.15, 0.2) is 12.1 Å². The van der Waals surface area contributed by atoms with Crippen molar-refractivity contribution in [2.24, 2.45) is 0 Å². The molecule has 0 amide bonds. The number of methoxy groups -OCH3 is 1. The second-order valence-corrected chi connectivity index (χ2v) is 5.27. The molecule has 0 aromatic heterocycles. The van der Waals surface area contributed by atoms with Crippen LogP contribution in [0.2, 0.25) is 0 Å². The van der Waals surface area contributed by atoms with E-state index in [0.717, 1.165) is 24.1 Å². The summed E-state index contributed by atoms with van der Waals surface area (Å²) in [6, 6.07) is 3.57. The van der Waals surface area contributed by atoms with Crippen LogP contribution in [0.5, 0.6) is 5.75 Å². The molecule has 0 spiro atoms. The number of hydrogen-bond acceptors (Lipinski definition) is 7. The van der Waals surface area contributed by atoms with Gasteiger partial charge in [0.15, 0.2) is 0 Å². The average molecular weight is 295 g/mol. The molecule has 2 aliphatic heterocycles. The maximum absolute atomic E-state index is 9.70. The van der Waals surface area contributed by atoms with E-state index in [0.29, 0.717) is 32.0 Å². The van der Waals surface area contributed by atoms with Gasteiger partial charge in [-0.25, -0.2) is 0 Å². The molecule has 0 bridgehead atoms. The summed E-state index contributed by atoms with van der Waals surface area (Å²) < 4.78 is 5.03. The molecule has 1 unspecified atom stereocenters. The average Bonchev–Trinajstić information content (AvgIpc) is 2.94. The number of phenols is 1. The minimum Gasteiger partial charge on any atom is -0.506 e. The lowest BCUT2D eigenvalue weighted by Crippen LogP contribution is -2.45. The Bertz CT molecular complexity index is 511. The predicted molar refractivity (Wildman–Crippen MR) is 75.8 cm³/mol. The van der Waals surface area contributed by atoms with Gasteiger partial charge >= 0.3 is 0 Å². The molecule has 0 aliphatic carbocycles. The molecule has 1 atom stereocenters. The van der Waals surface area contributed by atoms with Gasteiger partial charge in [-0.2, -0.15) is 0 Å². The minimum absolute atomic E-state index is 0.0513. The Hall–Kier alpha value is -1.38. The summed E-state index contributed by atoms with van der Waals surface area (Å²) in [6.07, 6.45) is 0.744. The van der Waals surface area contributed by atoms with Crippen LogP contribution in [0, 0.1) is 0 Å². The maximum atomic E-state index is 9.70. The van der Waals surface area contributed by atoms with E-state index in [2.05, 4.69) is 4.90 Å². The van der Waals surface area contributed by atoms with Crippen LogP contribution >= 0.6 is 0 Å². The van der Waals surface area contributed by atoms with E-state index in [4.69, 9.17) is 20.1 Å². The van der Waals surface area contributed by atoms with Crippen molar-refractivity contribution in [3.05, 3.63) is 23.3 Å². The van der Waals surface area contributed by atoms with E-state index in [1.807, 2.05) is 6.07 Å². The third-order valence-corrected chi connectivity index (χ3v) is 3.89. The molecule has 21 heavy (non-hydrogen) atoms. The van der Waals surface area contributed by atoms with E-state index in [9.17, 15) is 5.11 Å². The van der Waals surface area contributed by atoms with Crippen LogP contribution in [-0.2, 0) is 27.5 Å². The van der Waals surface area contributed by atoms with Gasteiger partial charge in [-0.15, -0.1) is 0 Å². The van der Waals surface area contributed by atoms with Crippen LogP contribution in [0.3, 0.4) is 0 Å². The molecule has 1 fully saturated rings. The molecule has 0 radical (unpaired) electrons. The number of benzene rings is 1. The smallest absolute Gasteiger partial charge is 0.138 e. The molecule has 7 nitrogen and oxygen atoms in total. The molecule has 1 aromatic rings. The largest absolute Gasteiger partial charge is 0.506 e. The lowest BCUT2D eigenvalue weighted by molar-refractivity contribution is -0.433. The Kier molecular flexibility index (Phi) is 4.27. The van der Waals surface area contributed by atoms with Gasteiger partial charge in [-0.05, 0) is 17.2 Å². The van der Waals surface area contributed by atoms with Gasteiger partial charge in [0, 0.05) is 26.6 Å². The molecule has 1 aromatic carbocycles. The fraction of sp³-hybridized carbons (Fsp3) is 0.571. The lowest BCUT2D eigenvalue weighted by atomic mass is 10.1. The molecule has 116 valence electrons. The van der Waals surface area contributed by atoms with Crippen molar-refractivity contribution in [1.29, 1.82) is 0 Å². The first-order valence-electron chi connectivity index (χ1n) is 7.08. The molecule has 3 rings (SSSR count). The van der Waals surface area contributed by atoms with Crippen LogP contribution in [0.4, 0.5) is 5.69 Å². The molecule has 3 N–H and O–H groups in total. The van der Waals surface area contributed by atoms with Gasteiger partial charge in [0.2, 0.25) is 0 Å². The normalized spacial score (nSPS) is 23.4. The maximum Gasteiger partial charge on any atom is 0.138 e. The van der Waals surface area contributed by atoms with Crippen molar-refractivity contribution in [2.75, 3.05) is 32.6 Å². The third kappa shape index (κ3) is 2.97. The van der Waals surface area contributed by atoms with Gasteiger partial charge in [-0.1, -0.05) is 11.3 Å². The van der Waals surface area contributed by atoms with Crippen molar-refractivity contribution < 1.29 is 19.5 Å². The Morgan fingerprint density at radius 1 is 1.43 bits per heavy atom. The van der Waals surface area contributed by atoms with Crippen molar-refractivity contribution in [3.63, 3.8) is 0 Å². The Balaban J connectivity index is 1.65. The molecule has 1 saturated heterocycles. The summed E-state index contributed by atoms with van der Waals surface area (Å²) in [7, 11) is 1.65. The van der Waals surface area contributed by atoms with Crippen LogP contribution < -0.4 is 5.73 Å². The van der Waals surface area contributed by atoms with E-state index < -0.39 is 0 Å². The van der Waals surface area contributed by atoms with Crippen molar-refractivity contribution in [1.82, 2.24) is 10.1 Å². The van der Waals surface area contributed by atoms with E-state index in [-0.39, 0.29) is 12.0 Å². The Labute approximate surface area is 123 Å². The summed E-state index contributed by atoms with van der Waals surface area (Å²) in [5, 5.41) is 11.2. The second kappa shape index (κ2) is 6.17. The van der Waals surface area contributed by atoms with Crippen molar-refractivity contribution in [3.8, 4) is 5.75 Å². The highest BCUT2D eigenvalue weighted by atomic mass is 17.0. The summed E-state index contributed by atoms with van der Waals surface area (Å²) in [6.45, 7) is 3.17. The van der Waals surface area contributed by atoms with Gasteiger partial charge in [0.1, 0.15) is 12.0 Å². The number of hydroxylamine groups is 2. The topological polar surface area (TPSA) is 80.4 Å². The summed E-state index contributed by atoms with van der Waals surface area (Å²) >= 11 is 0. The highest BCUT2D eigenvalue weighted by Gasteiger charge is 2.32. The molecular weight excluding hydrogens is 274 g/mol. The number of nitrogens with two attached hydrogens (primary N) is 1. The number of aromatic hydroxyl groups is 1. The number of nitrogens with zero attached hydrogens (tertiary/aromatic N) is 2. The number of hydrogen-bond donors (Lipinski definition) is 2. The van der Waals surface area contributed by atoms with Gasteiger partial charge in [-0.3, -0.25) is 14.6 Å². The highest BCUT2D eigenvalue weighted by molar-refractivity contribution is 5.61. The van der Waals surface area contributed by atoms with Gasteiger partial charge < -0.3 is 15.6 Å². The summed E-state index contributed by atoms with van der Waals surface area (Å²) in [5.74, 6) is 0.144. The first kappa shape index (κ1) is 14.6. The number of ether oxygens (including phenoxy) is 1. The molecule has 0 saturated carbocycles. The van der Waals surface area contributed by atoms with Gasteiger partial charge in [0.05, 0.1) is 25.4 Å². The molecular formula is C14H21N3O4. The number of phenolic OH excluding ortho intramolecular Hbond substituents is 1. The second-order valence-electron chi connectivity index (χ2n) is 5.27. The van der Waals surface area contributed by atoms with E-state index in [1.165, 1.54) is 5.23 Å². The fourth-order valence-electron chi connectivity index (χ4n) is 2.72. The van der Waals surface area contributed by atoms with Crippen molar-refractivity contribution in [2.45, 2.75) is 25.7 Å². The van der Waals surface area contributed by atoms with Crippen LogP contribution in [0.1, 0.15) is 17.5 Å². The molecule has 2 aliphatic rings. The summed E-state index contributed by atoms with van der Waals surface area (Å²) in [5.41, 5.74) is 8.56.